The van der Waals surface area contributed by atoms with Crippen LogP contribution in [0.15, 0.2) is 23.3 Å². The SMILES string of the molecule is COC(=O)C1(C(=O)OC)CC2=C(C)[C@H]3CCCC[C@@]3(CO[Si](C)(C)C(C)(C)C)C=C[C@H]2C1. The van der Waals surface area contributed by atoms with Crippen LogP contribution >= 0.6 is 0 Å². The first kappa shape index (κ1) is 25.2. The molecule has 0 spiro atoms. The number of esters is 2. The highest BCUT2D eigenvalue weighted by atomic mass is 28.4. The Morgan fingerprint density at radius 3 is 2.31 bits per heavy atom. The Balaban J connectivity index is 1.98. The molecule has 0 N–H and O–H groups in total. The van der Waals surface area contributed by atoms with Crippen molar-refractivity contribution in [3.05, 3.63) is 23.3 Å². The Morgan fingerprint density at radius 2 is 1.75 bits per heavy atom. The van der Waals surface area contributed by atoms with E-state index in [2.05, 4.69) is 52.9 Å². The van der Waals surface area contributed by atoms with Crippen molar-refractivity contribution in [1.29, 1.82) is 0 Å². The summed E-state index contributed by atoms with van der Waals surface area (Å²) >= 11 is 0. The van der Waals surface area contributed by atoms with Gasteiger partial charge in [-0.25, -0.2) is 0 Å². The van der Waals surface area contributed by atoms with E-state index in [4.69, 9.17) is 13.9 Å². The molecule has 180 valence electrons. The molecule has 3 aliphatic carbocycles. The van der Waals surface area contributed by atoms with Gasteiger partial charge in [0.05, 0.1) is 14.2 Å². The van der Waals surface area contributed by atoms with Crippen LogP contribution in [0.2, 0.25) is 18.1 Å². The van der Waals surface area contributed by atoms with E-state index < -0.39 is 25.7 Å². The summed E-state index contributed by atoms with van der Waals surface area (Å²) in [5.41, 5.74) is 1.32. The Kier molecular flexibility index (Phi) is 6.90. The van der Waals surface area contributed by atoms with E-state index in [0.29, 0.717) is 18.8 Å². The zero-order valence-corrected chi connectivity index (χ0v) is 22.3. The van der Waals surface area contributed by atoms with Gasteiger partial charge in [0, 0.05) is 12.0 Å². The molecule has 0 amide bonds. The predicted octanol–water partition coefficient (Wildman–Crippen LogP) is 5.81. The summed E-state index contributed by atoms with van der Waals surface area (Å²) in [4.78, 5) is 25.5. The molecule has 0 unspecified atom stereocenters. The van der Waals surface area contributed by atoms with Gasteiger partial charge in [-0.3, -0.25) is 9.59 Å². The molecule has 0 radical (unpaired) electrons. The topological polar surface area (TPSA) is 61.8 Å². The van der Waals surface area contributed by atoms with Crippen LogP contribution in [0.5, 0.6) is 0 Å². The lowest BCUT2D eigenvalue weighted by Crippen LogP contribution is -2.46. The van der Waals surface area contributed by atoms with Crippen molar-refractivity contribution in [2.24, 2.45) is 22.7 Å². The molecule has 0 aromatic heterocycles. The lowest BCUT2D eigenvalue weighted by atomic mass is 9.64. The number of hydrogen-bond donors (Lipinski definition) is 0. The molecule has 3 atom stereocenters. The van der Waals surface area contributed by atoms with Crippen LogP contribution < -0.4 is 0 Å². The standard InChI is InChI=1S/C26H42O5Si/c1-18-20-16-26(22(27)29-5,23(28)30-6)15-19(20)12-14-25(13-10-9-11-21(18)25)17-31-32(7,8)24(2,3)4/h12,14,19,21H,9-11,13,15-17H2,1-8H3/t19-,21+,25-/m0/s1. The van der Waals surface area contributed by atoms with Crippen LogP contribution in [-0.4, -0.2) is 41.1 Å². The molecular formula is C26H42O5Si. The van der Waals surface area contributed by atoms with Crippen molar-refractivity contribution < 1.29 is 23.5 Å². The molecular weight excluding hydrogens is 420 g/mol. The summed E-state index contributed by atoms with van der Waals surface area (Å²) < 4.78 is 16.9. The third-order valence-electron chi connectivity index (χ3n) is 8.94. The van der Waals surface area contributed by atoms with Gasteiger partial charge in [0.1, 0.15) is 0 Å². The van der Waals surface area contributed by atoms with Crippen molar-refractivity contribution in [3.8, 4) is 0 Å². The van der Waals surface area contributed by atoms with Gasteiger partial charge in [-0.15, -0.1) is 0 Å². The fourth-order valence-electron chi connectivity index (χ4n) is 5.82. The summed E-state index contributed by atoms with van der Waals surface area (Å²) in [6.07, 6.45) is 10.1. The quantitative estimate of drug-likeness (QED) is 0.223. The molecule has 5 nitrogen and oxygen atoms in total. The van der Waals surface area contributed by atoms with E-state index >= 15 is 0 Å². The van der Waals surface area contributed by atoms with E-state index in [1.807, 2.05) is 0 Å². The molecule has 0 aliphatic heterocycles. The first-order valence-corrected chi connectivity index (χ1v) is 14.9. The van der Waals surface area contributed by atoms with Crippen molar-refractivity contribution in [2.45, 2.75) is 84.4 Å². The first-order valence-electron chi connectivity index (χ1n) is 12.0. The molecule has 3 aliphatic rings. The van der Waals surface area contributed by atoms with Gasteiger partial charge < -0.3 is 13.9 Å². The van der Waals surface area contributed by atoms with E-state index in [1.54, 1.807) is 0 Å². The van der Waals surface area contributed by atoms with Gasteiger partial charge >= 0.3 is 11.9 Å². The maximum absolute atomic E-state index is 12.7. The molecule has 0 aromatic rings. The van der Waals surface area contributed by atoms with Crippen molar-refractivity contribution in [2.75, 3.05) is 20.8 Å². The summed E-state index contributed by atoms with van der Waals surface area (Å²) in [6.45, 7) is 14.5. The molecule has 0 bridgehead atoms. The monoisotopic (exact) mass is 462 g/mol. The minimum Gasteiger partial charge on any atom is -0.468 e. The predicted molar refractivity (Wildman–Crippen MR) is 129 cm³/mol. The smallest absolute Gasteiger partial charge is 0.323 e. The Labute approximate surface area is 195 Å². The number of methoxy groups -OCH3 is 2. The summed E-state index contributed by atoms with van der Waals surface area (Å²) in [5.74, 6) is -0.531. The van der Waals surface area contributed by atoms with Crippen molar-refractivity contribution in [1.82, 2.24) is 0 Å². The Bertz CT molecular complexity index is 803. The third-order valence-corrected chi connectivity index (χ3v) is 13.4. The summed E-state index contributed by atoms with van der Waals surface area (Å²) in [7, 11) is 0.827. The normalized spacial score (nSPS) is 29.8. The fourth-order valence-corrected chi connectivity index (χ4v) is 6.89. The largest absolute Gasteiger partial charge is 0.468 e. The van der Waals surface area contributed by atoms with Gasteiger partial charge in [-0.1, -0.05) is 56.9 Å². The third kappa shape index (κ3) is 4.13. The lowest BCUT2D eigenvalue weighted by molar-refractivity contribution is -0.168. The van der Waals surface area contributed by atoms with Crippen LogP contribution in [0.1, 0.15) is 66.2 Å². The Morgan fingerprint density at radius 1 is 1.12 bits per heavy atom. The van der Waals surface area contributed by atoms with Crippen LogP contribution in [0, 0.1) is 22.7 Å². The maximum Gasteiger partial charge on any atom is 0.323 e. The molecule has 32 heavy (non-hydrogen) atoms. The number of ether oxygens (including phenoxy) is 2. The molecule has 3 rings (SSSR count). The molecule has 0 saturated heterocycles. The average Bonchev–Trinajstić information content (AvgIpc) is 3.10. The highest BCUT2D eigenvalue weighted by molar-refractivity contribution is 6.74. The molecule has 6 heteroatoms. The molecule has 2 fully saturated rings. The first-order chi connectivity index (χ1) is 14.8. The van der Waals surface area contributed by atoms with E-state index in [1.165, 1.54) is 38.2 Å². The number of hydrogen-bond acceptors (Lipinski definition) is 5. The second-order valence-corrected chi connectivity index (χ2v) is 16.5. The highest BCUT2D eigenvalue weighted by Gasteiger charge is 2.57. The number of carbonyl (C=O) groups is 2. The second-order valence-electron chi connectivity index (χ2n) is 11.7. The lowest BCUT2D eigenvalue weighted by Gasteiger charge is -2.46. The number of fused-ring (bicyclic) bond motifs is 2. The minimum atomic E-state index is -1.87. The van der Waals surface area contributed by atoms with Gasteiger partial charge in [-0.2, -0.15) is 0 Å². The number of carbonyl (C=O) groups excluding carboxylic acids is 2. The zero-order chi connectivity index (χ0) is 23.9. The number of allylic oxidation sites excluding steroid dienone is 3. The average molecular weight is 463 g/mol. The maximum atomic E-state index is 12.7. The Hall–Kier alpha value is -1.40. The van der Waals surface area contributed by atoms with Crippen LogP contribution in [0.3, 0.4) is 0 Å². The number of rotatable bonds is 5. The van der Waals surface area contributed by atoms with Crippen LogP contribution in [0.4, 0.5) is 0 Å². The van der Waals surface area contributed by atoms with Crippen LogP contribution in [-0.2, 0) is 23.5 Å². The van der Waals surface area contributed by atoms with E-state index in [9.17, 15) is 9.59 Å². The van der Waals surface area contributed by atoms with Crippen LogP contribution in [0.25, 0.3) is 0 Å². The van der Waals surface area contributed by atoms with Gasteiger partial charge in [0.2, 0.25) is 0 Å². The van der Waals surface area contributed by atoms with Gasteiger partial charge in [0.25, 0.3) is 0 Å². The zero-order valence-electron chi connectivity index (χ0n) is 21.3. The molecule has 0 heterocycles. The molecule has 0 aromatic carbocycles. The summed E-state index contributed by atoms with van der Waals surface area (Å²) in [5, 5.41) is 0.174. The summed E-state index contributed by atoms with van der Waals surface area (Å²) in [6, 6.07) is 0. The minimum absolute atomic E-state index is 0.00557. The highest BCUT2D eigenvalue weighted by Crippen LogP contribution is 2.56. The van der Waals surface area contributed by atoms with E-state index in [-0.39, 0.29) is 16.4 Å². The van der Waals surface area contributed by atoms with Crippen molar-refractivity contribution >= 4 is 20.3 Å². The van der Waals surface area contributed by atoms with Crippen molar-refractivity contribution in [3.63, 3.8) is 0 Å². The molecule has 2 saturated carbocycles. The second kappa shape index (κ2) is 8.75. The fraction of sp³-hybridized carbons (Fsp3) is 0.769. The van der Waals surface area contributed by atoms with E-state index in [0.717, 1.165) is 19.4 Å². The van der Waals surface area contributed by atoms with Gasteiger partial charge in [-0.05, 0) is 62.6 Å². The van der Waals surface area contributed by atoms with Gasteiger partial charge in [0.15, 0.2) is 13.7 Å².